The molecule has 1 amide bonds. The Morgan fingerprint density at radius 2 is 1.72 bits per heavy atom. The standard InChI is InChI=1S/C27H31ClN2O5S/c1-20-11-13-25(21(2)18-20)34-17-15-29-27(31)10-7-16-30(36(3,32)33)24-19-22(28)12-14-26(24)35-23-8-5-4-6-9-23/h4-6,8-9,11-14,18-19H,7,10,15-17H2,1-3H3,(H,29,31). The van der Waals surface area contributed by atoms with E-state index in [-0.39, 0.29) is 18.9 Å². The molecule has 0 saturated heterocycles. The minimum absolute atomic E-state index is 0.0941. The zero-order valence-corrected chi connectivity index (χ0v) is 22.2. The first-order valence-electron chi connectivity index (χ1n) is 11.6. The average molecular weight is 531 g/mol. The summed E-state index contributed by atoms with van der Waals surface area (Å²) in [5.41, 5.74) is 2.52. The molecule has 192 valence electrons. The Morgan fingerprint density at radius 1 is 1.00 bits per heavy atom. The summed E-state index contributed by atoms with van der Waals surface area (Å²) in [7, 11) is -3.66. The molecule has 0 heterocycles. The number of sulfonamides is 1. The number of benzene rings is 3. The number of hydrogen-bond donors (Lipinski definition) is 1. The first-order chi connectivity index (χ1) is 17.1. The minimum atomic E-state index is -3.66. The van der Waals surface area contributed by atoms with Crippen molar-refractivity contribution in [3.63, 3.8) is 0 Å². The van der Waals surface area contributed by atoms with Crippen LogP contribution in [0.5, 0.6) is 17.2 Å². The van der Waals surface area contributed by atoms with Crippen LogP contribution < -0.4 is 19.1 Å². The second-order valence-electron chi connectivity index (χ2n) is 8.43. The van der Waals surface area contributed by atoms with E-state index in [9.17, 15) is 13.2 Å². The van der Waals surface area contributed by atoms with Gasteiger partial charge in [0, 0.05) is 18.0 Å². The quantitative estimate of drug-likeness (QED) is 0.313. The van der Waals surface area contributed by atoms with Crippen molar-refractivity contribution >= 4 is 33.2 Å². The minimum Gasteiger partial charge on any atom is -0.491 e. The van der Waals surface area contributed by atoms with Crippen LogP contribution in [0.4, 0.5) is 5.69 Å². The van der Waals surface area contributed by atoms with Crippen LogP contribution >= 0.6 is 11.6 Å². The van der Waals surface area contributed by atoms with Gasteiger partial charge in [-0.25, -0.2) is 8.42 Å². The van der Waals surface area contributed by atoms with E-state index in [2.05, 4.69) is 5.32 Å². The lowest BCUT2D eigenvalue weighted by molar-refractivity contribution is -0.121. The van der Waals surface area contributed by atoms with Crippen molar-refractivity contribution in [1.82, 2.24) is 5.32 Å². The lowest BCUT2D eigenvalue weighted by Crippen LogP contribution is -2.33. The number of aryl methyl sites for hydroxylation is 2. The van der Waals surface area contributed by atoms with Crippen LogP contribution in [0, 0.1) is 13.8 Å². The van der Waals surface area contributed by atoms with Crippen LogP contribution in [0.1, 0.15) is 24.0 Å². The second kappa shape index (κ2) is 12.6. The molecule has 0 radical (unpaired) electrons. The predicted molar refractivity (Wildman–Crippen MR) is 144 cm³/mol. The number of carbonyl (C=O) groups is 1. The molecule has 9 heteroatoms. The van der Waals surface area contributed by atoms with Gasteiger partial charge in [-0.2, -0.15) is 0 Å². The van der Waals surface area contributed by atoms with Crippen LogP contribution in [-0.4, -0.2) is 40.3 Å². The molecule has 0 atom stereocenters. The van der Waals surface area contributed by atoms with Crippen LogP contribution in [0.25, 0.3) is 0 Å². The molecule has 0 aliphatic rings. The molecule has 0 spiro atoms. The molecule has 0 unspecified atom stereocenters. The molecule has 0 fully saturated rings. The van der Waals surface area contributed by atoms with Gasteiger partial charge in [-0.15, -0.1) is 0 Å². The SMILES string of the molecule is Cc1ccc(OCCNC(=O)CCCN(c2cc(Cl)ccc2Oc2ccccc2)S(C)(=O)=O)c(C)c1. The molecule has 3 aromatic carbocycles. The van der Waals surface area contributed by atoms with Crippen molar-refractivity contribution in [3.05, 3.63) is 82.9 Å². The second-order valence-corrected chi connectivity index (χ2v) is 10.8. The van der Waals surface area contributed by atoms with E-state index in [0.29, 0.717) is 41.8 Å². The Morgan fingerprint density at radius 3 is 2.42 bits per heavy atom. The van der Waals surface area contributed by atoms with Gasteiger partial charge in [0.1, 0.15) is 18.1 Å². The van der Waals surface area contributed by atoms with E-state index >= 15 is 0 Å². The third kappa shape index (κ3) is 8.17. The number of amides is 1. The molecule has 1 N–H and O–H groups in total. The van der Waals surface area contributed by atoms with Crippen molar-refractivity contribution in [3.8, 4) is 17.2 Å². The van der Waals surface area contributed by atoms with Crippen molar-refractivity contribution in [2.45, 2.75) is 26.7 Å². The highest BCUT2D eigenvalue weighted by atomic mass is 35.5. The molecule has 0 aromatic heterocycles. The summed E-state index contributed by atoms with van der Waals surface area (Å²) in [6, 6.07) is 19.8. The van der Waals surface area contributed by atoms with Gasteiger partial charge in [-0.1, -0.05) is 47.5 Å². The molecule has 0 aliphatic carbocycles. The summed E-state index contributed by atoms with van der Waals surface area (Å²) in [6.07, 6.45) is 1.59. The number of carbonyl (C=O) groups excluding carboxylic acids is 1. The van der Waals surface area contributed by atoms with Crippen molar-refractivity contribution in [2.75, 3.05) is 30.3 Å². The highest BCUT2D eigenvalue weighted by Gasteiger charge is 2.22. The number of ether oxygens (including phenoxy) is 2. The summed E-state index contributed by atoms with van der Waals surface area (Å²) in [5, 5.41) is 3.19. The van der Waals surface area contributed by atoms with E-state index in [0.717, 1.165) is 23.1 Å². The maximum atomic E-state index is 12.6. The highest BCUT2D eigenvalue weighted by Crippen LogP contribution is 2.36. The zero-order chi connectivity index (χ0) is 26.1. The van der Waals surface area contributed by atoms with Crippen LogP contribution in [0.3, 0.4) is 0 Å². The van der Waals surface area contributed by atoms with E-state index in [1.165, 1.54) is 4.31 Å². The summed E-state index contributed by atoms with van der Waals surface area (Å²) in [5.74, 6) is 1.52. The Bertz CT molecular complexity index is 1280. The normalized spacial score (nSPS) is 11.1. The molecule has 7 nitrogen and oxygen atoms in total. The van der Waals surface area contributed by atoms with E-state index in [1.54, 1.807) is 30.3 Å². The molecule has 36 heavy (non-hydrogen) atoms. The number of nitrogens with zero attached hydrogens (tertiary/aromatic N) is 1. The van der Waals surface area contributed by atoms with Gasteiger partial charge in [0.2, 0.25) is 15.9 Å². The van der Waals surface area contributed by atoms with E-state index in [1.807, 2.05) is 50.2 Å². The highest BCUT2D eigenvalue weighted by molar-refractivity contribution is 7.92. The number of rotatable bonds is 12. The predicted octanol–water partition coefficient (Wildman–Crippen LogP) is 5.49. The fraction of sp³-hybridized carbons (Fsp3) is 0.296. The Balaban J connectivity index is 1.56. The number of anilines is 1. The first-order valence-corrected chi connectivity index (χ1v) is 13.8. The summed E-state index contributed by atoms with van der Waals surface area (Å²) < 4.78 is 38.1. The number of hydrogen-bond acceptors (Lipinski definition) is 5. The summed E-state index contributed by atoms with van der Waals surface area (Å²) >= 11 is 6.18. The number of nitrogens with one attached hydrogen (secondary N) is 1. The molecule has 3 rings (SSSR count). The molecular formula is C27H31ClN2O5S. The lowest BCUT2D eigenvalue weighted by Gasteiger charge is -2.25. The first kappa shape index (κ1) is 27.4. The molecule has 3 aromatic rings. The largest absolute Gasteiger partial charge is 0.491 e. The Kier molecular flexibility index (Phi) is 9.61. The maximum absolute atomic E-state index is 12.6. The smallest absolute Gasteiger partial charge is 0.232 e. The van der Waals surface area contributed by atoms with Gasteiger partial charge in [0.25, 0.3) is 0 Å². The average Bonchev–Trinajstić information content (AvgIpc) is 2.82. The fourth-order valence-corrected chi connectivity index (χ4v) is 4.76. The van der Waals surface area contributed by atoms with Gasteiger partial charge >= 0.3 is 0 Å². The molecular weight excluding hydrogens is 500 g/mol. The molecule has 0 aliphatic heterocycles. The fourth-order valence-electron chi connectivity index (χ4n) is 3.64. The third-order valence-corrected chi connectivity index (χ3v) is 6.75. The number of halogens is 1. The van der Waals surface area contributed by atoms with E-state index < -0.39 is 10.0 Å². The molecule has 0 bridgehead atoms. The molecule has 0 saturated carbocycles. The Labute approximate surface area is 218 Å². The van der Waals surface area contributed by atoms with Crippen LogP contribution in [0.2, 0.25) is 5.02 Å². The maximum Gasteiger partial charge on any atom is 0.232 e. The Hall–Kier alpha value is -3.23. The van der Waals surface area contributed by atoms with Crippen LogP contribution in [0.15, 0.2) is 66.7 Å². The van der Waals surface area contributed by atoms with Gasteiger partial charge in [0.15, 0.2) is 5.75 Å². The monoisotopic (exact) mass is 530 g/mol. The third-order valence-electron chi connectivity index (χ3n) is 5.34. The van der Waals surface area contributed by atoms with E-state index in [4.69, 9.17) is 21.1 Å². The topological polar surface area (TPSA) is 84.9 Å². The van der Waals surface area contributed by atoms with Gasteiger partial charge in [0.05, 0.1) is 18.5 Å². The van der Waals surface area contributed by atoms with Crippen molar-refractivity contribution < 1.29 is 22.7 Å². The van der Waals surface area contributed by atoms with Crippen LogP contribution in [-0.2, 0) is 14.8 Å². The summed E-state index contributed by atoms with van der Waals surface area (Å²) in [4.78, 5) is 12.3. The van der Waals surface area contributed by atoms with Gasteiger partial charge < -0.3 is 14.8 Å². The summed E-state index contributed by atoms with van der Waals surface area (Å²) in [6.45, 7) is 4.78. The van der Waals surface area contributed by atoms with Gasteiger partial charge in [-0.3, -0.25) is 9.10 Å². The van der Waals surface area contributed by atoms with Crippen molar-refractivity contribution in [1.29, 1.82) is 0 Å². The number of para-hydroxylation sites is 1. The zero-order valence-electron chi connectivity index (χ0n) is 20.7. The van der Waals surface area contributed by atoms with Gasteiger partial charge in [-0.05, 0) is 62.2 Å². The van der Waals surface area contributed by atoms with Crippen molar-refractivity contribution in [2.24, 2.45) is 0 Å². The lowest BCUT2D eigenvalue weighted by atomic mass is 10.1.